The molecule has 2 atom stereocenters. The van der Waals surface area contributed by atoms with Gasteiger partial charge in [-0.1, -0.05) is 42.8 Å². The molecule has 0 spiro atoms. The minimum absolute atomic E-state index is 0.0585. The van der Waals surface area contributed by atoms with Gasteiger partial charge in [0.25, 0.3) is 5.91 Å². The molecule has 2 aliphatic rings. The minimum atomic E-state index is 0.0585. The molecule has 0 aliphatic carbocycles. The van der Waals surface area contributed by atoms with Crippen LogP contribution in [0.5, 0.6) is 5.75 Å². The van der Waals surface area contributed by atoms with Crippen LogP contribution in [-0.4, -0.2) is 53.5 Å². The van der Waals surface area contributed by atoms with E-state index in [4.69, 9.17) is 4.74 Å². The third-order valence-corrected chi connectivity index (χ3v) is 6.80. The second-order valence-corrected chi connectivity index (χ2v) is 8.74. The summed E-state index contributed by atoms with van der Waals surface area (Å²) in [6, 6.07) is 20.6. The number of likely N-dealkylation sites (tertiary alicyclic amines) is 2. The van der Waals surface area contributed by atoms with Gasteiger partial charge in [-0.2, -0.15) is 0 Å². The summed E-state index contributed by atoms with van der Waals surface area (Å²) >= 11 is 0. The molecule has 1 aromatic heterocycles. The van der Waals surface area contributed by atoms with Gasteiger partial charge in [0.15, 0.2) is 0 Å². The highest BCUT2D eigenvalue weighted by Gasteiger charge is 2.39. The van der Waals surface area contributed by atoms with Crippen molar-refractivity contribution in [3.8, 4) is 5.75 Å². The third-order valence-electron chi connectivity index (χ3n) is 6.80. The number of hydrogen-bond donors (Lipinski definition) is 0. The summed E-state index contributed by atoms with van der Waals surface area (Å²) in [4.78, 5) is 22.5. The molecule has 5 rings (SSSR count). The lowest BCUT2D eigenvalue weighted by Gasteiger charge is -2.30. The molecule has 5 heteroatoms. The number of carbonyl (C=O) groups excluding carboxylic acids is 1. The molecule has 0 unspecified atom stereocenters. The molecule has 1 amide bonds. The first-order valence-corrected chi connectivity index (χ1v) is 11.2. The van der Waals surface area contributed by atoms with Crippen LogP contribution in [0.2, 0.25) is 0 Å². The van der Waals surface area contributed by atoms with Crippen molar-refractivity contribution in [2.45, 2.75) is 31.8 Å². The molecule has 3 aromatic rings. The largest absolute Gasteiger partial charge is 0.497 e. The van der Waals surface area contributed by atoms with Crippen LogP contribution in [-0.2, 0) is 6.54 Å². The van der Waals surface area contributed by atoms with Crippen LogP contribution in [0.3, 0.4) is 0 Å². The Labute approximate surface area is 183 Å². The monoisotopic (exact) mass is 415 g/mol. The fraction of sp³-hybridized carbons (Fsp3) is 0.385. The summed E-state index contributed by atoms with van der Waals surface area (Å²) < 4.78 is 5.29. The van der Waals surface area contributed by atoms with Gasteiger partial charge in [0, 0.05) is 31.1 Å². The van der Waals surface area contributed by atoms with Gasteiger partial charge < -0.3 is 9.64 Å². The van der Waals surface area contributed by atoms with Gasteiger partial charge in [0.05, 0.1) is 12.6 Å². The van der Waals surface area contributed by atoms with Gasteiger partial charge >= 0.3 is 0 Å². The minimum Gasteiger partial charge on any atom is -0.497 e. The number of pyridine rings is 1. The van der Waals surface area contributed by atoms with Crippen molar-refractivity contribution in [3.05, 3.63) is 71.9 Å². The molecule has 0 bridgehead atoms. The highest BCUT2D eigenvalue weighted by molar-refractivity contribution is 5.95. The average Bonchev–Trinajstić information content (AvgIpc) is 3.16. The van der Waals surface area contributed by atoms with E-state index < -0.39 is 0 Å². The Kier molecular flexibility index (Phi) is 5.60. The summed E-state index contributed by atoms with van der Waals surface area (Å²) in [7, 11) is 1.70. The lowest BCUT2D eigenvalue weighted by Crippen LogP contribution is -2.40. The van der Waals surface area contributed by atoms with E-state index in [1.165, 1.54) is 24.8 Å². The Morgan fingerprint density at radius 3 is 2.71 bits per heavy atom. The molecular weight excluding hydrogens is 386 g/mol. The molecule has 2 aliphatic heterocycles. The molecule has 2 saturated heterocycles. The summed E-state index contributed by atoms with van der Waals surface area (Å²) in [5.74, 6) is 1.48. The summed E-state index contributed by atoms with van der Waals surface area (Å²) in [6.07, 6.45) is 3.65. The van der Waals surface area contributed by atoms with Gasteiger partial charge in [0.2, 0.25) is 0 Å². The van der Waals surface area contributed by atoms with Gasteiger partial charge in [-0.05, 0) is 55.1 Å². The van der Waals surface area contributed by atoms with Crippen molar-refractivity contribution >= 4 is 16.8 Å². The maximum atomic E-state index is 13.3. The van der Waals surface area contributed by atoms with E-state index in [0.717, 1.165) is 42.8 Å². The van der Waals surface area contributed by atoms with Gasteiger partial charge in [-0.15, -0.1) is 0 Å². The van der Waals surface area contributed by atoms with E-state index >= 15 is 0 Å². The first-order valence-electron chi connectivity index (χ1n) is 11.2. The maximum absolute atomic E-state index is 13.3. The molecule has 0 N–H and O–H groups in total. The van der Waals surface area contributed by atoms with E-state index in [1.807, 2.05) is 53.4 Å². The van der Waals surface area contributed by atoms with Crippen molar-refractivity contribution in [3.63, 3.8) is 0 Å². The van der Waals surface area contributed by atoms with Crippen LogP contribution in [0, 0.1) is 5.92 Å². The first kappa shape index (κ1) is 20.0. The average molecular weight is 416 g/mol. The Bertz CT molecular complexity index is 1070. The van der Waals surface area contributed by atoms with Crippen LogP contribution in [0.25, 0.3) is 10.9 Å². The maximum Gasteiger partial charge on any atom is 0.272 e. The Hall–Kier alpha value is -2.92. The van der Waals surface area contributed by atoms with Crippen LogP contribution < -0.4 is 4.74 Å². The Morgan fingerprint density at radius 2 is 1.87 bits per heavy atom. The topological polar surface area (TPSA) is 45.7 Å². The number of rotatable bonds is 4. The predicted octanol–water partition coefficient (Wildman–Crippen LogP) is 4.37. The lowest BCUT2D eigenvalue weighted by molar-refractivity contribution is 0.0767. The van der Waals surface area contributed by atoms with Crippen molar-refractivity contribution < 1.29 is 9.53 Å². The molecule has 0 radical (unpaired) electrons. The van der Waals surface area contributed by atoms with Crippen LogP contribution in [0.1, 0.15) is 35.3 Å². The quantitative estimate of drug-likeness (QED) is 0.635. The molecule has 0 saturated carbocycles. The van der Waals surface area contributed by atoms with Crippen molar-refractivity contribution in [2.24, 2.45) is 5.92 Å². The van der Waals surface area contributed by atoms with E-state index in [0.29, 0.717) is 17.7 Å². The van der Waals surface area contributed by atoms with E-state index in [-0.39, 0.29) is 5.91 Å². The SMILES string of the molecule is COc1ccc(CN2CCCC[C@H]3CN(C(=O)c4ccc5ccccc5n4)C[C@H]32)cc1. The zero-order valence-electron chi connectivity index (χ0n) is 18.0. The van der Waals surface area contributed by atoms with Crippen molar-refractivity contribution in [1.29, 1.82) is 0 Å². The van der Waals surface area contributed by atoms with Crippen LogP contribution in [0.15, 0.2) is 60.7 Å². The fourth-order valence-corrected chi connectivity index (χ4v) is 5.11. The molecule has 31 heavy (non-hydrogen) atoms. The number of para-hydroxylation sites is 1. The molecule has 2 aromatic carbocycles. The third kappa shape index (κ3) is 4.15. The number of amides is 1. The number of ether oxygens (including phenoxy) is 1. The zero-order chi connectivity index (χ0) is 21.2. The number of carbonyl (C=O) groups is 1. The van der Waals surface area contributed by atoms with E-state index in [2.05, 4.69) is 22.0 Å². The Balaban J connectivity index is 1.33. The number of benzene rings is 2. The van der Waals surface area contributed by atoms with Gasteiger partial charge in [-0.3, -0.25) is 9.69 Å². The normalized spacial score (nSPS) is 21.6. The predicted molar refractivity (Wildman–Crippen MR) is 122 cm³/mol. The molecule has 2 fully saturated rings. The fourth-order valence-electron chi connectivity index (χ4n) is 5.11. The highest BCUT2D eigenvalue weighted by atomic mass is 16.5. The number of methoxy groups -OCH3 is 1. The number of aromatic nitrogens is 1. The molecule has 5 nitrogen and oxygen atoms in total. The zero-order valence-corrected chi connectivity index (χ0v) is 18.0. The van der Waals surface area contributed by atoms with Crippen molar-refractivity contribution in [1.82, 2.24) is 14.8 Å². The second kappa shape index (κ2) is 8.67. The first-order chi connectivity index (χ1) is 15.2. The molecular formula is C26H29N3O2. The van der Waals surface area contributed by atoms with Crippen LogP contribution in [0.4, 0.5) is 0 Å². The van der Waals surface area contributed by atoms with Gasteiger partial charge in [-0.25, -0.2) is 4.98 Å². The summed E-state index contributed by atoms with van der Waals surface area (Å²) in [5, 5.41) is 1.07. The van der Waals surface area contributed by atoms with E-state index in [1.54, 1.807) is 7.11 Å². The Morgan fingerprint density at radius 1 is 1.03 bits per heavy atom. The molecule has 160 valence electrons. The lowest BCUT2D eigenvalue weighted by atomic mass is 9.98. The number of nitrogens with zero attached hydrogens (tertiary/aromatic N) is 3. The van der Waals surface area contributed by atoms with Crippen LogP contribution >= 0.6 is 0 Å². The molecule has 3 heterocycles. The number of hydrogen-bond acceptors (Lipinski definition) is 4. The van der Waals surface area contributed by atoms with Crippen molar-refractivity contribution in [2.75, 3.05) is 26.7 Å². The summed E-state index contributed by atoms with van der Waals surface area (Å²) in [5.41, 5.74) is 2.72. The van der Waals surface area contributed by atoms with E-state index in [9.17, 15) is 4.79 Å². The highest BCUT2D eigenvalue weighted by Crippen LogP contribution is 2.32. The smallest absolute Gasteiger partial charge is 0.272 e. The standard InChI is InChI=1S/C26H29N3O2/c1-31-22-12-9-19(10-13-22)16-28-15-5-4-7-21-17-29(18-25(21)28)26(30)24-14-11-20-6-2-3-8-23(20)27-24/h2-3,6,8-14,21,25H,4-5,7,15-18H2,1H3/t21-,25+/m0/s1. The summed E-state index contributed by atoms with van der Waals surface area (Å²) in [6.45, 7) is 3.62. The number of fused-ring (bicyclic) bond motifs is 2. The second-order valence-electron chi connectivity index (χ2n) is 8.74. The van der Waals surface area contributed by atoms with Gasteiger partial charge in [0.1, 0.15) is 11.4 Å².